The second kappa shape index (κ2) is 10.4. The van der Waals surface area contributed by atoms with Gasteiger partial charge in [-0.15, -0.1) is 0 Å². The Balaban J connectivity index is 1.77. The summed E-state index contributed by atoms with van der Waals surface area (Å²) in [7, 11) is 2.91. The first kappa shape index (κ1) is 24.1. The van der Waals surface area contributed by atoms with Crippen LogP contribution in [0, 0.1) is 0 Å². The SMILES string of the molecule is COc1cccc(C(=O)NN2C(=O)/C(=C\c3ccc(OC(C)C(=O)O)c(OC)c3)SC2=S)c1. The van der Waals surface area contributed by atoms with Crippen LogP contribution in [-0.2, 0) is 9.59 Å². The highest BCUT2D eigenvalue weighted by Crippen LogP contribution is 2.34. The van der Waals surface area contributed by atoms with E-state index in [9.17, 15) is 14.4 Å². The van der Waals surface area contributed by atoms with Crippen LogP contribution in [0.15, 0.2) is 47.4 Å². The van der Waals surface area contributed by atoms with Crippen molar-refractivity contribution in [2.75, 3.05) is 14.2 Å². The maximum absolute atomic E-state index is 12.8. The average molecular weight is 489 g/mol. The zero-order valence-corrected chi connectivity index (χ0v) is 19.5. The number of rotatable bonds is 8. The van der Waals surface area contributed by atoms with Gasteiger partial charge in [-0.1, -0.05) is 23.9 Å². The van der Waals surface area contributed by atoms with Crippen LogP contribution in [0.25, 0.3) is 6.08 Å². The largest absolute Gasteiger partial charge is 0.497 e. The molecular weight excluding hydrogens is 468 g/mol. The Morgan fingerprint density at radius 2 is 1.91 bits per heavy atom. The molecule has 1 unspecified atom stereocenters. The number of hydrogen-bond acceptors (Lipinski definition) is 8. The van der Waals surface area contributed by atoms with Crippen molar-refractivity contribution >= 4 is 52.2 Å². The summed E-state index contributed by atoms with van der Waals surface area (Å²) in [5.41, 5.74) is 3.42. The molecule has 0 aliphatic carbocycles. The molecule has 33 heavy (non-hydrogen) atoms. The van der Waals surface area contributed by atoms with Crippen LogP contribution in [0.3, 0.4) is 0 Å². The van der Waals surface area contributed by atoms with Gasteiger partial charge in [-0.25, -0.2) is 4.79 Å². The Morgan fingerprint density at radius 3 is 2.58 bits per heavy atom. The number of thioether (sulfide) groups is 1. The fourth-order valence-corrected chi connectivity index (χ4v) is 3.94. The molecule has 11 heteroatoms. The summed E-state index contributed by atoms with van der Waals surface area (Å²) in [5, 5.41) is 10.0. The Kier molecular flexibility index (Phi) is 7.56. The second-order valence-electron chi connectivity index (χ2n) is 6.70. The molecule has 0 spiro atoms. The van der Waals surface area contributed by atoms with E-state index in [-0.39, 0.29) is 10.1 Å². The molecule has 2 aromatic rings. The normalized spacial score (nSPS) is 15.4. The lowest BCUT2D eigenvalue weighted by molar-refractivity contribution is -0.144. The molecule has 0 bridgehead atoms. The Bertz CT molecular complexity index is 1150. The van der Waals surface area contributed by atoms with Gasteiger partial charge >= 0.3 is 5.97 Å². The minimum absolute atomic E-state index is 0.171. The summed E-state index contributed by atoms with van der Waals surface area (Å²) in [6.45, 7) is 1.40. The van der Waals surface area contributed by atoms with Gasteiger partial charge < -0.3 is 19.3 Å². The fourth-order valence-electron chi connectivity index (χ4n) is 2.76. The van der Waals surface area contributed by atoms with E-state index < -0.39 is 23.9 Å². The zero-order chi connectivity index (χ0) is 24.1. The van der Waals surface area contributed by atoms with Gasteiger partial charge in [-0.05, 0) is 61.1 Å². The number of ether oxygens (including phenoxy) is 3. The summed E-state index contributed by atoms with van der Waals surface area (Å²) in [4.78, 5) is 36.7. The Morgan fingerprint density at radius 1 is 1.15 bits per heavy atom. The standard InChI is InChI=1S/C22H20N2O7S2/c1-12(21(27)28)31-16-8-7-13(9-17(16)30-3)10-18-20(26)24(22(32)33-18)23-19(25)14-5-4-6-15(11-14)29-2/h4-12H,1-3H3,(H,23,25)(H,27,28)/b18-10+. The minimum atomic E-state index is -1.11. The van der Waals surface area contributed by atoms with Crippen molar-refractivity contribution in [2.24, 2.45) is 0 Å². The highest BCUT2D eigenvalue weighted by Gasteiger charge is 2.34. The van der Waals surface area contributed by atoms with E-state index in [1.165, 1.54) is 21.1 Å². The molecule has 1 heterocycles. The lowest BCUT2D eigenvalue weighted by Gasteiger charge is -2.16. The van der Waals surface area contributed by atoms with Crippen LogP contribution in [0.4, 0.5) is 0 Å². The van der Waals surface area contributed by atoms with Crippen LogP contribution < -0.4 is 19.6 Å². The molecule has 2 N–H and O–H groups in total. The van der Waals surface area contributed by atoms with Gasteiger partial charge in [0, 0.05) is 5.56 Å². The number of methoxy groups -OCH3 is 2. The topological polar surface area (TPSA) is 114 Å². The third-order valence-corrected chi connectivity index (χ3v) is 5.78. The number of nitrogens with zero attached hydrogens (tertiary/aromatic N) is 1. The molecule has 0 saturated carbocycles. The van der Waals surface area contributed by atoms with Crippen LogP contribution >= 0.6 is 24.0 Å². The first-order valence-electron chi connectivity index (χ1n) is 9.54. The van der Waals surface area contributed by atoms with Crippen molar-refractivity contribution in [1.29, 1.82) is 0 Å². The smallest absolute Gasteiger partial charge is 0.344 e. The van der Waals surface area contributed by atoms with Crippen molar-refractivity contribution in [3.05, 3.63) is 58.5 Å². The number of amides is 2. The maximum atomic E-state index is 12.8. The third-order valence-electron chi connectivity index (χ3n) is 4.48. The zero-order valence-electron chi connectivity index (χ0n) is 17.9. The van der Waals surface area contributed by atoms with E-state index in [1.807, 2.05) is 0 Å². The van der Waals surface area contributed by atoms with Crippen molar-refractivity contribution in [3.63, 3.8) is 0 Å². The number of carboxylic acid groups (broad SMARTS) is 1. The Labute approximate surface area is 199 Å². The van der Waals surface area contributed by atoms with E-state index >= 15 is 0 Å². The molecule has 172 valence electrons. The molecule has 1 saturated heterocycles. The summed E-state index contributed by atoms with van der Waals surface area (Å²) in [5.74, 6) is -1.05. The molecule has 2 aromatic carbocycles. The van der Waals surface area contributed by atoms with E-state index in [1.54, 1.807) is 48.5 Å². The van der Waals surface area contributed by atoms with Gasteiger partial charge in [0.1, 0.15) is 5.75 Å². The summed E-state index contributed by atoms with van der Waals surface area (Å²) in [6.07, 6.45) is 0.526. The van der Waals surface area contributed by atoms with E-state index in [0.29, 0.717) is 27.5 Å². The molecule has 1 atom stereocenters. The Hall–Kier alpha value is -3.57. The first-order chi connectivity index (χ1) is 15.7. The number of thiocarbonyl (C=S) groups is 1. The molecule has 0 radical (unpaired) electrons. The number of carbonyl (C=O) groups is 3. The number of carboxylic acids is 1. The summed E-state index contributed by atoms with van der Waals surface area (Å²) in [6, 6.07) is 11.3. The lowest BCUT2D eigenvalue weighted by Crippen LogP contribution is -2.44. The van der Waals surface area contributed by atoms with Crippen LogP contribution in [-0.4, -0.2) is 52.5 Å². The van der Waals surface area contributed by atoms with E-state index in [4.69, 9.17) is 31.5 Å². The predicted octanol–water partition coefficient (Wildman–Crippen LogP) is 3.10. The number of benzene rings is 2. The first-order valence-corrected chi connectivity index (χ1v) is 10.8. The molecule has 0 aromatic heterocycles. The third kappa shape index (κ3) is 5.62. The van der Waals surface area contributed by atoms with Gasteiger partial charge in [0.15, 0.2) is 21.9 Å². The maximum Gasteiger partial charge on any atom is 0.344 e. The monoisotopic (exact) mass is 488 g/mol. The highest BCUT2D eigenvalue weighted by atomic mass is 32.2. The molecule has 1 aliphatic heterocycles. The number of aliphatic carboxylic acids is 1. The minimum Gasteiger partial charge on any atom is -0.497 e. The van der Waals surface area contributed by atoms with E-state index in [2.05, 4.69) is 5.43 Å². The van der Waals surface area contributed by atoms with Crippen molar-refractivity contribution in [3.8, 4) is 17.2 Å². The molecular formula is C22H20N2O7S2. The quantitative estimate of drug-likeness (QED) is 0.427. The lowest BCUT2D eigenvalue weighted by atomic mass is 10.2. The number of nitrogens with one attached hydrogen (secondary N) is 1. The number of hydrogen-bond donors (Lipinski definition) is 2. The van der Waals surface area contributed by atoms with Crippen molar-refractivity contribution < 1.29 is 33.7 Å². The van der Waals surface area contributed by atoms with Crippen molar-refractivity contribution in [2.45, 2.75) is 13.0 Å². The average Bonchev–Trinajstić information content (AvgIpc) is 3.07. The molecule has 2 amide bonds. The summed E-state index contributed by atoms with van der Waals surface area (Å²) < 4.78 is 15.9. The van der Waals surface area contributed by atoms with Crippen LogP contribution in [0.1, 0.15) is 22.8 Å². The van der Waals surface area contributed by atoms with Gasteiger partial charge in [-0.2, -0.15) is 5.01 Å². The van der Waals surface area contributed by atoms with E-state index in [0.717, 1.165) is 16.8 Å². The number of hydrazine groups is 1. The van der Waals surface area contributed by atoms with Gasteiger partial charge in [0.2, 0.25) is 0 Å². The molecule has 9 nitrogen and oxygen atoms in total. The fraction of sp³-hybridized carbons (Fsp3) is 0.182. The second-order valence-corrected chi connectivity index (χ2v) is 8.37. The molecule has 1 fully saturated rings. The van der Waals surface area contributed by atoms with Crippen molar-refractivity contribution in [1.82, 2.24) is 10.4 Å². The predicted molar refractivity (Wildman–Crippen MR) is 126 cm³/mol. The van der Waals surface area contributed by atoms with Gasteiger partial charge in [0.05, 0.1) is 19.1 Å². The number of carbonyl (C=O) groups excluding carboxylic acids is 2. The van der Waals surface area contributed by atoms with Gasteiger partial charge in [-0.3, -0.25) is 15.0 Å². The highest BCUT2D eigenvalue weighted by molar-refractivity contribution is 8.26. The van der Waals surface area contributed by atoms with Crippen LogP contribution in [0.5, 0.6) is 17.2 Å². The molecule has 1 aliphatic rings. The molecule has 3 rings (SSSR count). The summed E-state index contributed by atoms with van der Waals surface area (Å²) >= 11 is 6.29. The van der Waals surface area contributed by atoms with Gasteiger partial charge in [0.25, 0.3) is 11.8 Å². The van der Waals surface area contributed by atoms with Crippen LogP contribution in [0.2, 0.25) is 0 Å².